The Morgan fingerprint density at radius 2 is 1.83 bits per heavy atom. The van der Waals surface area contributed by atoms with Crippen molar-refractivity contribution >= 4 is 29.9 Å². The predicted octanol–water partition coefficient (Wildman–Crippen LogP) is 4.09. The van der Waals surface area contributed by atoms with Gasteiger partial charge in [-0.2, -0.15) is 5.10 Å². The van der Waals surface area contributed by atoms with E-state index in [-0.39, 0.29) is 29.4 Å². The van der Waals surface area contributed by atoms with Crippen molar-refractivity contribution < 1.29 is 0 Å². The fourth-order valence-corrected chi connectivity index (χ4v) is 3.10. The Kier molecular flexibility index (Phi) is 8.83. The highest BCUT2D eigenvalue weighted by molar-refractivity contribution is 14.0. The van der Waals surface area contributed by atoms with Crippen molar-refractivity contribution in [2.24, 2.45) is 4.99 Å². The number of nitrogens with zero attached hydrogens (tertiary/aromatic N) is 4. The molecule has 0 saturated heterocycles. The van der Waals surface area contributed by atoms with Crippen LogP contribution >= 0.6 is 24.0 Å². The van der Waals surface area contributed by atoms with Gasteiger partial charge in [-0.05, 0) is 41.3 Å². The summed E-state index contributed by atoms with van der Waals surface area (Å²) in [5.41, 5.74) is 3.79. The quantitative estimate of drug-likeness (QED) is 0.281. The van der Waals surface area contributed by atoms with Crippen LogP contribution < -0.4 is 10.6 Å². The van der Waals surface area contributed by atoms with Gasteiger partial charge in [-0.3, -0.25) is 4.99 Å². The largest absolute Gasteiger partial charge is 0.356 e. The van der Waals surface area contributed by atoms with Crippen molar-refractivity contribution in [3.63, 3.8) is 0 Å². The molecule has 0 amide bonds. The Morgan fingerprint density at radius 3 is 2.47 bits per heavy atom. The molecule has 0 unspecified atom stereocenters. The molecule has 0 radical (unpaired) electrons. The number of pyridine rings is 1. The van der Waals surface area contributed by atoms with E-state index in [0.717, 1.165) is 30.3 Å². The summed E-state index contributed by atoms with van der Waals surface area (Å²) in [4.78, 5) is 8.73. The van der Waals surface area contributed by atoms with Gasteiger partial charge in [0, 0.05) is 44.1 Å². The van der Waals surface area contributed by atoms with Gasteiger partial charge in [0.15, 0.2) is 11.8 Å². The zero-order valence-corrected chi connectivity index (χ0v) is 20.4. The molecule has 2 aromatic heterocycles. The van der Waals surface area contributed by atoms with Gasteiger partial charge in [-0.25, -0.2) is 9.67 Å². The van der Waals surface area contributed by atoms with Crippen molar-refractivity contribution in [2.75, 3.05) is 13.6 Å². The molecule has 0 aliphatic rings. The molecular weight excluding hydrogens is 487 g/mol. The molecule has 0 bridgehead atoms. The number of aliphatic imine (C=N–C) groups is 1. The first-order chi connectivity index (χ1) is 14.0. The minimum Gasteiger partial charge on any atom is -0.356 e. The van der Waals surface area contributed by atoms with Crippen LogP contribution in [0.1, 0.15) is 37.5 Å². The fourth-order valence-electron chi connectivity index (χ4n) is 3.10. The van der Waals surface area contributed by atoms with Gasteiger partial charge in [0.25, 0.3) is 0 Å². The molecule has 0 spiro atoms. The van der Waals surface area contributed by atoms with E-state index in [0.29, 0.717) is 6.54 Å². The number of guanidine groups is 1. The van der Waals surface area contributed by atoms with Gasteiger partial charge in [-0.1, -0.05) is 45.0 Å². The molecule has 2 N–H and O–H groups in total. The molecule has 1 aromatic carbocycles. The van der Waals surface area contributed by atoms with E-state index >= 15 is 0 Å². The summed E-state index contributed by atoms with van der Waals surface area (Å²) in [6.07, 6.45) is 6.49. The maximum Gasteiger partial charge on any atom is 0.191 e. The summed E-state index contributed by atoms with van der Waals surface area (Å²) in [5, 5.41) is 11.1. The van der Waals surface area contributed by atoms with Crippen LogP contribution in [0.3, 0.4) is 0 Å². The molecule has 3 aromatic rings. The Bertz CT molecular complexity index is 933. The number of nitrogens with one attached hydrogen (secondary N) is 2. The van der Waals surface area contributed by atoms with E-state index in [9.17, 15) is 0 Å². The van der Waals surface area contributed by atoms with Gasteiger partial charge >= 0.3 is 0 Å². The number of benzene rings is 1. The third kappa shape index (κ3) is 6.29. The lowest BCUT2D eigenvalue weighted by Crippen LogP contribution is -2.43. The van der Waals surface area contributed by atoms with Crippen LogP contribution in [-0.4, -0.2) is 34.3 Å². The molecule has 3 rings (SSSR count). The summed E-state index contributed by atoms with van der Waals surface area (Å²) in [6.45, 7) is 8.11. The van der Waals surface area contributed by atoms with Crippen molar-refractivity contribution in [2.45, 2.75) is 39.2 Å². The Labute approximate surface area is 196 Å². The molecule has 0 fully saturated rings. The maximum absolute atomic E-state index is 4.37. The molecule has 0 aliphatic heterocycles. The normalized spacial score (nSPS) is 11.7. The van der Waals surface area contributed by atoms with Crippen LogP contribution in [0.4, 0.5) is 0 Å². The molecule has 160 valence electrons. The third-order valence-corrected chi connectivity index (χ3v) is 5.07. The van der Waals surface area contributed by atoms with Crippen molar-refractivity contribution in [1.29, 1.82) is 0 Å². The van der Waals surface area contributed by atoms with Gasteiger partial charge in [0.2, 0.25) is 0 Å². The lowest BCUT2D eigenvalue weighted by atomic mass is 9.84. The van der Waals surface area contributed by atoms with Crippen LogP contribution in [0.5, 0.6) is 0 Å². The minimum absolute atomic E-state index is 0. The summed E-state index contributed by atoms with van der Waals surface area (Å²) >= 11 is 0. The number of aromatic nitrogens is 3. The molecule has 0 saturated carbocycles. The highest BCUT2D eigenvalue weighted by atomic mass is 127. The monoisotopic (exact) mass is 518 g/mol. The van der Waals surface area contributed by atoms with Gasteiger partial charge in [0.1, 0.15) is 0 Å². The lowest BCUT2D eigenvalue weighted by Gasteiger charge is -2.27. The predicted molar refractivity (Wildman–Crippen MR) is 134 cm³/mol. The van der Waals surface area contributed by atoms with Crippen LogP contribution in [0.15, 0.2) is 66.0 Å². The first-order valence-electron chi connectivity index (χ1n) is 10.0. The molecule has 0 aliphatic carbocycles. The SMILES string of the molecule is CCc1ccc(C(C)(C)CNC(=NC)NCc2ccnc(-n3cccn3)c2)cc1.I. The lowest BCUT2D eigenvalue weighted by molar-refractivity contribution is 0.508. The van der Waals surface area contributed by atoms with Crippen molar-refractivity contribution in [3.05, 3.63) is 77.7 Å². The average Bonchev–Trinajstić information content (AvgIpc) is 3.29. The van der Waals surface area contributed by atoms with E-state index in [1.807, 2.05) is 24.4 Å². The Morgan fingerprint density at radius 1 is 1.07 bits per heavy atom. The second kappa shape index (κ2) is 11.1. The van der Waals surface area contributed by atoms with Crippen LogP contribution in [0.2, 0.25) is 0 Å². The molecule has 6 nitrogen and oxygen atoms in total. The Hall–Kier alpha value is -2.42. The van der Waals surface area contributed by atoms with E-state index in [2.05, 4.69) is 70.7 Å². The summed E-state index contributed by atoms with van der Waals surface area (Å²) in [6, 6.07) is 14.8. The maximum atomic E-state index is 4.37. The first-order valence-corrected chi connectivity index (χ1v) is 10.0. The molecule has 30 heavy (non-hydrogen) atoms. The third-order valence-electron chi connectivity index (χ3n) is 5.07. The average molecular weight is 518 g/mol. The second-order valence-corrected chi connectivity index (χ2v) is 7.69. The van der Waals surface area contributed by atoms with Crippen LogP contribution in [-0.2, 0) is 18.4 Å². The van der Waals surface area contributed by atoms with Crippen LogP contribution in [0.25, 0.3) is 5.82 Å². The van der Waals surface area contributed by atoms with Gasteiger partial charge in [-0.15, -0.1) is 24.0 Å². The van der Waals surface area contributed by atoms with Crippen LogP contribution in [0, 0.1) is 0 Å². The number of halogens is 1. The summed E-state index contributed by atoms with van der Waals surface area (Å²) in [7, 11) is 1.79. The number of aryl methyl sites for hydroxylation is 1. The molecule has 7 heteroatoms. The topological polar surface area (TPSA) is 67.1 Å². The zero-order valence-electron chi connectivity index (χ0n) is 18.1. The smallest absolute Gasteiger partial charge is 0.191 e. The van der Waals surface area contributed by atoms with Gasteiger partial charge in [0.05, 0.1) is 0 Å². The van der Waals surface area contributed by atoms with Crippen molar-refractivity contribution in [3.8, 4) is 5.82 Å². The van der Waals surface area contributed by atoms with E-state index in [1.54, 1.807) is 24.1 Å². The fraction of sp³-hybridized carbons (Fsp3) is 0.348. The number of hydrogen-bond donors (Lipinski definition) is 2. The van der Waals surface area contributed by atoms with Gasteiger partial charge < -0.3 is 10.6 Å². The van der Waals surface area contributed by atoms with Crippen molar-refractivity contribution in [1.82, 2.24) is 25.4 Å². The molecule has 2 heterocycles. The highest BCUT2D eigenvalue weighted by Crippen LogP contribution is 2.22. The standard InChI is InChI=1S/C23H30N6.HI/c1-5-18-7-9-20(10-8-18)23(2,3)17-27-22(24-4)26-16-19-11-13-25-21(15-19)29-14-6-12-28-29;/h6-15H,5,16-17H2,1-4H3,(H2,24,26,27);1H. The first kappa shape index (κ1) is 23.9. The van der Waals surface area contributed by atoms with E-state index in [1.165, 1.54) is 11.1 Å². The minimum atomic E-state index is -0.00613. The highest BCUT2D eigenvalue weighted by Gasteiger charge is 2.20. The number of hydrogen-bond acceptors (Lipinski definition) is 3. The van der Waals surface area contributed by atoms with E-state index in [4.69, 9.17) is 0 Å². The summed E-state index contributed by atoms with van der Waals surface area (Å²) < 4.78 is 1.75. The zero-order chi connectivity index (χ0) is 20.7. The van der Waals surface area contributed by atoms with E-state index < -0.39 is 0 Å². The summed E-state index contributed by atoms with van der Waals surface area (Å²) in [5.74, 6) is 1.58. The molecular formula is C23H31IN6. The number of rotatable bonds is 7. The second-order valence-electron chi connectivity index (χ2n) is 7.69. The Balaban J connectivity index is 0.00000320. The molecule has 0 atom stereocenters.